The molecule has 0 atom stereocenters. The van der Waals surface area contributed by atoms with E-state index < -0.39 is 0 Å². The minimum atomic E-state index is 0.751. The molecule has 0 aliphatic heterocycles. The predicted molar refractivity (Wildman–Crippen MR) is 69.0 cm³/mol. The first-order chi connectivity index (χ1) is 7.35. The summed E-state index contributed by atoms with van der Waals surface area (Å²) >= 11 is 1.82. The number of hydrogen-bond acceptors (Lipinski definition) is 3. The fourth-order valence-electron chi connectivity index (χ4n) is 1.36. The van der Waals surface area contributed by atoms with Gasteiger partial charge in [0.05, 0.1) is 5.70 Å². The number of rotatable bonds is 10. The molecule has 2 nitrogen and oxygen atoms in total. The Morgan fingerprint density at radius 3 is 2.67 bits per heavy atom. The molecule has 0 saturated heterocycles. The van der Waals surface area contributed by atoms with Crippen LogP contribution in [0.1, 0.15) is 45.4 Å². The number of nitrogens with one attached hydrogen (secondary N) is 1. The number of allylic oxidation sites excluding steroid dienone is 1. The summed E-state index contributed by atoms with van der Waals surface area (Å²) in [5, 5.41) is 3.17. The molecule has 0 rings (SSSR count). The molecule has 0 aliphatic carbocycles. The van der Waals surface area contributed by atoms with Crippen LogP contribution in [0.3, 0.4) is 0 Å². The summed E-state index contributed by atoms with van der Waals surface area (Å²) in [6, 6.07) is 0. The van der Waals surface area contributed by atoms with Crippen molar-refractivity contribution in [2.75, 3.05) is 18.6 Å². The predicted octanol–water partition coefficient (Wildman–Crippen LogP) is 3.02. The van der Waals surface area contributed by atoms with Crippen LogP contribution >= 0.6 is 11.8 Å². The molecule has 0 heterocycles. The summed E-state index contributed by atoms with van der Waals surface area (Å²) in [5.41, 5.74) is 0.751. The topological polar surface area (TPSA) is 29.1 Å². The van der Waals surface area contributed by atoms with E-state index in [4.69, 9.17) is 0 Å². The van der Waals surface area contributed by atoms with Gasteiger partial charge in [-0.3, -0.25) is 0 Å². The van der Waals surface area contributed by atoms with Crippen molar-refractivity contribution in [3.8, 4) is 0 Å². The molecule has 0 fully saturated rings. The van der Waals surface area contributed by atoms with Crippen LogP contribution in [-0.4, -0.2) is 24.5 Å². The van der Waals surface area contributed by atoms with Crippen LogP contribution < -0.4 is 5.32 Å². The summed E-state index contributed by atoms with van der Waals surface area (Å²) in [6.45, 7) is 3.12. The van der Waals surface area contributed by atoms with Gasteiger partial charge in [-0.15, -0.1) is 0 Å². The van der Waals surface area contributed by atoms with Crippen molar-refractivity contribution in [3.05, 3.63) is 5.70 Å². The maximum atomic E-state index is 10.6. The van der Waals surface area contributed by atoms with E-state index in [-0.39, 0.29) is 0 Å². The van der Waals surface area contributed by atoms with E-state index in [1.54, 1.807) is 0 Å². The molecular formula is C12H23NOS. The molecule has 88 valence electrons. The van der Waals surface area contributed by atoms with Crippen molar-refractivity contribution >= 4 is 17.7 Å². The molecular weight excluding hydrogens is 206 g/mol. The molecule has 0 spiro atoms. The normalized spacial score (nSPS) is 9.73. The Labute approximate surface area is 97.9 Å². The maximum absolute atomic E-state index is 10.6. The van der Waals surface area contributed by atoms with E-state index in [2.05, 4.69) is 18.5 Å². The van der Waals surface area contributed by atoms with E-state index in [1.807, 2.05) is 17.7 Å². The second-order valence-corrected chi connectivity index (χ2v) is 4.65. The third-order valence-corrected chi connectivity index (χ3v) is 2.96. The minimum absolute atomic E-state index is 0.751. The lowest BCUT2D eigenvalue weighted by molar-refractivity contribution is 0.559. The summed E-state index contributed by atoms with van der Waals surface area (Å²) in [5.74, 6) is 3.11. The highest BCUT2D eigenvalue weighted by atomic mass is 32.2. The van der Waals surface area contributed by atoms with Crippen LogP contribution in [0.25, 0.3) is 0 Å². The highest BCUT2D eigenvalue weighted by molar-refractivity contribution is 7.98. The van der Waals surface area contributed by atoms with Gasteiger partial charge in [0, 0.05) is 6.54 Å². The zero-order valence-corrected chi connectivity index (χ0v) is 10.8. The van der Waals surface area contributed by atoms with Gasteiger partial charge < -0.3 is 5.32 Å². The van der Waals surface area contributed by atoms with E-state index in [0.29, 0.717) is 0 Å². The summed E-state index contributed by atoms with van der Waals surface area (Å²) in [6.07, 6.45) is 8.94. The van der Waals surface area contributed by atoms with Gasteiger partial charge >= 0.3 is 0 Å². The Hall–Kier alpha value is -0.400. The highest BCUT2D eigenvalue weighted by Gasteiger charge is 1.97. The number of thioether (sulfide) groups is 1. The van der Waals surface area contributed by atoms with Crippen molar-refractivity contribution < 1.29 is 4.79 Å². The summed E-state index contributed by atoms with van der Waals surface area (Å²) < 4.78 is 0. The van der Waals surface area contributed by atoms with Crippen LogP contribution in [0.5, 0.6) is 0 Å². The quantitative estimate of drug-likeness (QED) is 0.461. The lowest BCUT2D eigenvalue weighted by Crippen LogP contribution is -2.15. The fourth-order valence-corrected chi connectivity index (χ4v) is 1.79. The van der Waals surface area contributed by atoms with Crippen molar-refractivity contribution in [1.82, 2.24) is 5.32 Å². The van der Waals surface area contributed by atoms with Gasteiger partial charge in [0.1, 0.15) is 5.94 Å². The lowest BCUT2D eigenvalue weighted by atomic mass is 10.2. The Kier molecular flexibility index (Phi) is 11.4. The molecule has 0 aromatic rings. The number of hydrogen-bond donors (Lipinski definition) is 1. The molecule has 0 aliphatic rings. The molecule has 0 amide bonds. The molecule has 0 saturated carbocycles. The van der Waals surface area contributed by atoms with Crippen molar-refractivity contribution in [1.29, 1.82) is 0 Å². The molecule has 15 heavy (non-hydrogen) atoms. The number of carbonyl (C=O) groups excluding carboxylic acids is 1. The zero-order chi connectivity index (χ0) is 11.4. The van der Waals surface area contributed by atoms with Crippen molar-refractivity contribution in [3.63, 3.8) is 0 Å². The van der Waals surface area contributed by atoms with Gasteiger partial charge in [-0.25, -0.2) is 4.79 Å². The van der Waals surface area contributed by atoms with Gasteiger partial charge in [0.2, 0.25) is 0 Å². The first-order valence-electron chi connectivity index (χ1n) is 5.82. The molecule has 0 bridgehead atoms. The lowest BCUT2D eigenvalue weighted by Gasteiger charge is -2.06. The third kappa shape index (κ3) is 9.89. The molecule has 0 unspecified atom stereocenters. The third-order valence-electron chi connectivity index (χ3n) is 2.27. The monoisotopic (exact) mass is 229 g/mol. The SMILES string of the molecule is CCCCCCNC(=C=O)CCCSC. The van der Waals surface area contributed by atoms with Crippen LogP contribution in [0.15, 0.2) is 5.70 Å². The van der Waals surface area contributed by atoms with Crippen molar-refractivity contribution in [2.45, 2.75) is 45.4 Å². The second-order valence-electron chi connectivity index (χ2n) is 3.66. The molecule has 0 aromatic heterocycles. The van der Waals surface area contributed by atoms with E-state index in [0.717, 1.165) is 37.3 Å². The van der Waals surface area contributed by atoms with Gasteiger partial charge in [-0.05, 0) is 31.3 Å². The molecule has 0 radical (unpaired) electrons. The van der Waals surface area contributed by atoms with Crippen molar-refractivity contribution in [2.24, 2.45) is 0 Å². The smallest absolute Gasteiger partial charge is 0.145 e. The summed E-state index contributed by atoms with van der Waals surface area (Å²) in [7, 11) is 0. The zero-order valence-electron chi connectivity index (χ0n) is 9.97. The van der Waals surface area contributed by atoms with Crippen LogP contribution in [0.4, 0.5) is 0 Å². The highest BCUT2D eigenvalue weighted by Crippen LogP contribution is 2.04. The second kappa shape index (κ2) is 11.7. The number of unbranched alkanes of at least 4 members (excludes halogenated alkanes) is 3. The minimum Gasteiger partial charge on any atom is -0.379 e. The Morgan fingerprint density at radius 2 is 2.07 bits per heavy atom. The Bertz CT molecular complexity index is 188. The maximum Gasteiger partial charge on any atom is 0.145 e. The average Bonchev–Trinajstić information content (AvgIpc) is 2.26. The Balaban J connectivity index is 3.41. The van der Waals surface area contributed by atoms with Crippen LogP contribution in [0.2, 0.25) is 0 Å². The first-order valence-corrected chi connectivity index (χ1v) is 7.21. The van der Waals surface area contributed by atoms with Gasteiger partial charge in [-0.2, -0.15) is 11.8 Å². The van der Waals surface area contributed by atoms with Gasteiger partial charge in [-0.1, -0.05) is 26.2 Å². The van der Waals surface area contributed by atoms with E-state index in [1.165, 1.54) is 19.3 Å². The molecule has 1 N–H and O–H groups in total. The average molecular weight is 229 g/mol. The van der Waals surface area contributed by atoms with Gasteiger partial charge in [0.15, 0.2) is 0 Å². The fraction of sp³-hybridized carbons (Fsp3) is 0.833. The van der Waals surface area contributed by atoms with Crippen LogP contribution in [-0.2, 0) is 4.79 Å². The van der Waals surface area contributed by atoms with Gasteiger partial charge in [0.25, 0.3) is 0 Å². The van der Waals surface area contributed by atoms with Crippen LogP contribution in [0, 0.1) is 0 Å². The van der Waals surface area contributed by atoms with E-state index >= 15 is 0 Å². The summed E-state index contributed by atoms with van der Waals surface area (Å²) in [4.78, 5) is 10.6. The Morgan fingerprint density at radius 1 is 1.27 bits per heavy atom. The molecule has 0 aromatic carbocycles. The largest absolute Gasteiger partial charge is 0.379 e. The standard InChI is InChI=1S/C12H23NOS/c1-3-4-5-6-9-13-12(11-14)8-7-10-15-2/h13H,3-10H2,1-2H3. The van der Waals surface area contributed by atoms with E-state index in [9.17, 15) is 4.79 Å². The first kappa shape index (κ1) is 14.6. The molecule has 3 heteroatoms.